The van der Waals surface area contributed by atoms with E-state index in [0.717, 1.165) is 10.6 Å². The summed E-state index contributed by atoms with van der Waals surface area (Å²) in [6.45, 7) is 0. The van der Waals surface area contributed by atoms with Gasteiger partial charge < -0.3 is 0 Å². The predicted molar refractivity (Wildman–Crippen MR) is 89.5 cm³/mol. The maximum atomic E-state index is 12.2. The number of carbonyl (C=O) groups is 1. The van der Waals surface area contributed by atoms with Crippen molar-refractivity contribution in [2.24, 2.45) is 0 Å². The van der Waals surface area contributed by atoms with Crippen molar-refractivity contribution >= 4 is 45.3 Å². The Labute approximate surface area is 139 Å². The normalized spacial score (nSPS) is 10.2. The minimum Gasteiger partial charge on any atom is -0.298 e. The number of nitrogens with one attached hydrogen (secondary N) is 1. The van der Waals surface area contributed by atoms with E-state index in [9.17, 15) is 4.79 Å². The molecular weight excluding hydrogens is 338 g/mol. The Morgan fingerprint density at radius 2 is 2.18 bits per heavy atom. The molecule has 3 rings (SSSR count). The fourth-order valence-electron chi connectivity index (χ4n) is 1.80. The summed E-state index contributed by atoms with van der Waals surface area (Å²) in [4.78, 5) is 17.5. The van der Waals surface area contributed by atoms with Crippen molar-refractivity contribution in [3.8, 4) is 16.6 Å². The molecule has 0 radical (unpaired) electrons. The quantitative estimate of drug-likeness (QED) is 0.751. The van der Waals surface area contributed by atoms with E-state index in [-0.39, 0.29) is 5.91 Å². The molecule has 1 amide bonds. The van der Waals surface area contributed by atoms with Crippen LogP contribution in [0.25, 0.3) is 10.6 Å². The lowest BCUT2D eigenvalue weighted by Gasteiger charge is -2.01. The number of nitriles is 1. The Hall–Kier alpha value is -2.20. The van der Waals surface area contributed by atoms with Gasteiger partial charge in [0.1, 0.15) is 0 Å². The molecule has 1 N–H and O–H groups in total. The van der Waals surface area contributed by atoms with Gasteiger partial charge in [0.05, 0.1) is 26.5 Å². The van der Waals surface area contributed by atoms with Crippen molar-refractivity contribution < 1.29 is 4.79 Å². The van der Waals surface area contributed by atoms with Gasteiger partial charge in [-0.1, -0.05) is 17.7 Å². The fraction of sp³-hybridized carbons (Fsp3) is 0. The van der Waals surface area contributed by atoms with E-state index < -0.39 is 0 Å². The van der Waals surface area contributed by atoms with E-state index >= 15 is 0 Å². The van der Waals surface area contributed by atoms with Crippen LogP contribution < -0.4 is 5.32 Å². The number of rotatable bonds is 3. The van der Waals surface area contributed by atoms with Crippen LogP contribution in [0, 0.1) is 11.3 Å². The van der Waals surface area contributed by atoms with Crippen LogP contribution in [0.4, 0.5) is 5.13 Å². The molecule has 0 aliphatic carbocycles. The van der Waals surface area contributed by atoms with Crippen LogP contribution in [-0.2, 0) is 0 Å². The number of nitrogens with zero attached hydrogens (tertiary/aromatic N) is 2. The number of halogens is 1. The molecule has 22 heavy (non-hydrogen) atoms. The van der Waals surface area contributed by atoms with Gasteiger partial charge in [0.2, 0.25) is 0 Å². The summed E-state index contributed by atoms with van der Waals surface area (Å²) in [5.41, 5.74) is 1.65. The molecule has 3 aromatic rings. The average Bonchev–Trinajstić information content (AvgIpc) is 3.16. The smallest absolute Gasteiger partial charge is 0.257 e. The highest BCUT2D eigenvalue weighted by atomic mass is 35.5. The maximum Gasteiger partial charge on any atom is 0.257 e. The lowest BCUT2D eigenvalue weighted by Crippen LogP contribution is -2.11. The minimum absolute atomic E-state index is 0.290. The van der Waals surface area contributed by atoms with Crippen molar-refractivity contribution in [3.63, 3.8) is 0 Å². The van der Waals surface area contributed by atoms with E-state index in [1.54, 1.807) is 24.3 Å². The van der Waals surface area contributed by atoms with E-state index in [1.165, 1.54) is 22.7 Å². The number of aromatic nitrogens is 1. The number of thiophene rings is 1. The van der Waals surface area contributed by atoms with Gasteiger partial charge in [0, 0.05) is 10.9 Å². The monoisotopic (exact) mass is 345 g/mol. The highest BCUT2D eigenvalue weighted by Gasteiger charge is 2.11. The lowest BCUT2D eigenvalue weighted by molar-refractivity contribution is 0.102. The Balaban J connectivity index is 1.77. The van der Waals surface area contributed by atoms with Crippen molar-refractivity contribution in [1.29, 1.82) is 5.26 Å². The van der Waals surface area contributed by atoms with Crippen LogP contribution in [0.15, 0.2) is 41.8 Å². The van der Waals surface area contributed by atoms with Crippen LogP contribution in [0.3, 0.4) is 0 Å². The Bertz CT molecular complexity index is 879. The van der Waals surface area contributed by atoms with Crippen LogP contribution >= 0.6 is 34.3 Å². The molecule has 0 unspecified atom stereocenters. The SMILES string of the molecule is N#Cc1cccc(C(=O)Nc2nc(-c3ccc(Cl)s3)cs2)c1. The van der Waals surface area contributed by atoms with E-state index in [2.05, 4.69) is 10.3 Å². The molecule has 0 aliphatic rings. The van der Waals surface area contributed by atoms with Crippen LogP contribution in [-0.4, -0.2) is 10.9 Å². The van der Waals surface area contributed by atoms with Gasteiger partial charge in [-0.3, -0.25) is 10.1 Å². The summed E-state index contributed by atoms with van der Waals surface area (Å²) >= 11 is 8.69. The average molecular weight is 346 g/mol. The van der Waals surface area contributed by atoms with Crippen molar-refractivity contribution in [1.82, 2.24) is 4.98 Å². The second-order valence-corrected chi connectivity index (χ2v) is 6.86. The number of benzene rings is 1. The molecule has 0 aliphatic heterocycles. The third-order valence-corrected chi connectivity index (χ3v) is 4.82. The van der Waals surface area contributed by atoms with Crippen molar-refractivity contribution in [2.45, 2.75) is 0 Å². The highest BCUT2D eigenvalue weighted by Crippen LogP contribution is 2.32. The first-order chi connectivity index (χ1) is 10.7. The molecule has 2 aromatic heterocycles. The fourth-order valence-corrected chi connectivity index (χ4v) is 3.58. The summed E-state index contributed by atoms with van der Waals surface area (Å²) in [6.07, 6.45) is 0. The standard InChI is InChI=1S/C15H8ClN3OS2/c16-13-5-4-12(22-13)11-8-21-15(18-11)19-14(20)10-3-1-2-9(6-10)7-17/h1-6,8H,(H,18,19,20). The Morgan fingerprint density at radius 1 is 1.32 bits per heavy atom. The van der Waals surface area contributed by atoms with Gasteiger partial charge in [0.15, 0.2) is 5.13 Å². The summed E-state index contributed by atoms with van der Waals surface area (Å²) in [6, 6.07) is 12.2. The van der Waals surface area contributed by atoms with Crippen molar-refractivity contribution in [3.05, 3.63) is 57.2 Å². The largest absolute Gasteiger partial charge is 0.298 e. The first-order valence-corrected chi connectivity index (χ1v) is 8.26. The van der Waals surface area contributed by atoms with Crippen LogP contribution in [0.5, 0.6) is 0 Å². The first-order valence-electron chi connectivity index (χ1n) is 6.18. The number of hydrogen-bond acceptors (Lipinski definition) is 5. The third-order valence-electron chi connectivity index (χ3n) is 2.80. The summed E-state index contributed by atoms with van der Waals surface area (Å²) in [5.74, 6) is -0.290. The van der Waals surface area contributed by atoms with Crippen LogP contribution in [0.2, 0.25) is 4.34 Å². The Morgan fingerprint density at radius 3 is 2.91 bits per heavy atom. The number of anilines is 1. The number of amides is 1. The van der Waals surface area contributed by atoms with E-state index in [4.69, 9.17) is 16.9 Å². The number of thiazole rings is 1. The summed E-state index contributed by atoms with van der Waals surface area (Å²) in [7, 11) is 0. The summed E-state index contributed by atoms with van der Waals surface area (Å²) in [5, 5.41) is 14.0. The molecule has 2 heterocycles. The molecule has 0 fully saturated rings. The molecule has 0 saturated carbocycles. The molecular formula is C15H8ClN3OS2. The second-order valence-electron chi connectivity index (χ2n) is 4.29. The van der Waals surface area contributed by atoms with E-state index in [0.29, 0.717) is 20.6 Å². The van der Waals surface area contributed by atoms with Crippen LogP contribution in [0.1, 0.15) is 15.9 Å². The van der Waals surface area contributed by atoms with E-state index in [1.807, 2.05) is 23.6 Å². The van der Waals surface area contributed by atoms with Gasteiger partial charge >= 0.3 is 0 Å². The molecule has 1 aromatic carbocycles. The van der Waals surface area contributed by atoms with Gasteiger partial charge in [0.25, 0.3) is 5.91 Å². The first kappa shape index (κ1) is 14.7. The number of hydrogen-bond donors (Lipinski definition) is 1. The zero-order valence-electron chi connectivity index (χ0n) is 11.0. The van der Waals surface area contributed by atoms with Gasteiger partial charge in [-0.25, -0.2) is 4.98 Å². The van der Waals surface area contributed by atoms with Gasteiger partial charge in [-0.2, -0.15) is 5.26 Å². The molecule has 108 valence electrons. The van der Waals surface area contributed by atoms with Crippen molar-refractivity contribution in [2.75, 3.05) is 5.32 Å². The maximum absolute atomic E-state index is 12.2. The molecule has 0 spiro atoms. The van der Waals surface area contributed by atoms with Gasteiger partial charge in [-0.05, 0) is 30.3 Å². The van der Waals surface area contributed by atoms with Gasteiger partial charge in [-0.15, -0.1) is 22.7 Å². The third kappa shape index (κ3) is 3.17. The topological polar surface area (TPSA) is 65.8 Å². The molecule has 0 bridgehead atoms. The zero-order valence-corrected chi connectivity index (χ0v) is 13.4. The molecule has 0 atom stereocenters. The molecule has 0 saturated heterocycles. The zero-order chi connectivity index (χ0) is 15.5. The predicted octanol–water partition coefficient (Wildman–Crippen LogP) is 4.65. The highest BCUT2D eigenvalue weighted by molar-refractivity contribution is 7.20. The minimum atomic E-state index is -0.290. The second kappa shape index (κ2) is 6.28. The molecule has 7 heteroatoms. The molecule has 4 nitrogen and oxygen atoms in total. The number of carbonyl (C=O) groups excluding carboxylic acids is 1. The summed E-state index contributed by atoms with van der Waals surface area (Å²) < 4.78 is 0.696. The Kier molecular flexibility index (Phi) is 4.20. The lowest BCUT2D eigenvalue weighted by atomic mass is 10.1.